The number of aliphatic carboxylic acids is 1. The largest absolute Gasteiger partial charge is 0.481 e. The summed E-state index contributed by atoms with van der Waals surface area (Å²) in [5.74, 6) is -1.58. The van der Waals surface area contributed by atoms with Gasteiger partial charge in [-0.15, -0.1) is 0 Å². The summed E-state index contributed by atoms with van der Waals surface area (Å²) in [6, 6.07) is -0.217. The summed E-state index contributed by atoms with van der Waals surface area (Å²) in [5, 5.41) is 11.7. The van der Waals surface area contributed by atoms with Gasteiger partial charge in [-0.3, -0.25) is 9.59 Å². The Hall–Kier alpha value is -1.62. The SMILES string of the molecule is NC1C=CC(C(=O)NC2C=CC(C(=O)O)C2)C1. The number of carbonyl (C=O) groups is 2. The van der Waals surface area contributed by atoms with Crippen molar-refractivity contribution < 1.29 is 14.7 Å². The molecule has 4 unspecified atom stereocenters. The lowest BCUT2D eigenvalue weighted by atomic mass is 10.1. The number of nitrogens with two attached hydrogens (primary N) is 1. The average Bonchev–Trinajstić information content (AvgIpc) is 2.86. The Morgan fingerprint density at radius 2 is 1.82 bits per heavy atom. The van der Waals surface area contributed by atoms with E-state index < -0.39 is 11.9 Å². The molecule has 5 nitrogen and oxygen atoms in total. The van der Waals surface area contributed by atoms with E-state index in [1.807, 2.05) is 12.2 Å². The van der Waals surface area contributed by atoms with E-state index in [1.54, 1.807) is 12.2 Å². The van der Waals surface area contributed by atoms with Gasteiger partial charge in [0.1, 0.15) is 0 Å². The zero-order valence-corrected chi connectivity index (χ0v) is 9.37. The van der Waals surface area contributed by atoms with Crippen LogP contribution < -0.4 is 11.1 Å². The molecule has 0 saturated carbocycles. The first-order chi connectivity index (χ1) is 8.06. The van der Waals surface area contributed by atoms with E-state index in [-0.39, 0.29) is 23.9 Å². The van der Waals surface area contributed by atoms with Gasteiger partial charge < -0.3 is 16.2 Å². The Balaban J connectivity index is 1.83. The third-order valence-electron chi connectivity index (χ3n) is 3.18. The molecule has 2 aliphatic rings. The van der Waals surface area contributed by atoms with Crippen LogP contribution in [0.25, 0.3) is 0 Å². The Morgan fingerprint density at radius 3 is 2.35 bits per heavy atom. The van der Waals surface area contributed by atoms with Crippen LogP contribution in [0.3, 0.4) is 0 Å². The van der Waals surface area contributed by atoms with Crippen molar-refractivity contribution in [3.05, 3.63) is 24.3 Å². The summed E-state index contributed by atoms with van der Waals surface area (Å²) in [7, 11) is 0. The maximum Gasteiger partial charge on any atom is 0.310 e. The highest BCUT2D eigenvalue weighted by atomic mass is 16.4. The molecular weight excluding hydrogens is 220 g/mol. The van der Waals surface area contributed by atoms with Crippen molar-refractivity contribution in [2.24, 2.45) is 17.6 Å². The van der Waals surface area contributed by atoms with Gasteiger partial charge in [0.15, 0.2) is 0 Å². The predicted octanol–water partition coefficient (Wildman–Crippen LogP) is 0.0353. The Kier molecular flexibility index (Phi) is 3.28. The predicted molar refractivity (Wildman–Crippen MR) is 62.0 cm³/mol. The fourth-order valence-corrected chi connectivity index (χ4v) is 2.20. The lowest BCUT2D eigenvalue weighted by Crippen LogP contribution is -2.37. The molecule has 2 aliphatic carbocycles. The minimum absolute atomic E-state index is 0.0448. The highest BCUT2D eigenvalue weighted by molar-refractivity contribution is 5.82. The second kappa shape index (κ2) is 4.71. The summed E-state index contributed by atoms with van der Waals surface area (Å²) in [6.45, 7) is 0. The smallest absolute Gasteiger partial charge is 0.310 e. The third-order valence-corrected chi connectivity index (χ3v) is 3.18. The number of amides is 1. The Labute approximate surface area is 99.4 Å². The second-order valence-electron chi connectivity index (χ2n) is 4.57. The van der Waals surface area contributed by atoms with Crippen LogP contribution in [0.1, 0.15) is 12.8 Å². The van der Waals surface area contributed by atoms with E-state index in [4.69, 9.17) is 10.8 Å². The average molecular weight is 236 g/mol. The molecule has 1 amide bonds. The number of carboxylic acids is 1. The molecule has 0 saturated heterocycles. The van der Waals surface area contributed by atoms with Gasteiger partial charge in [-0.05, 0) is 12.8 Å². The normalized spacial score (nSPS) is 35.1. The van der Waals surface area contributed by atoms with Crippen molar-refractivity contribution >= 4 is 11.9 Å². The van der Waals surface area contributed by atoms with Crippen molar-refractivity contribution in [3.8, 4) is 0 Å². The molecule has 2 rings (SSSR count). The molecule has 0 spiro atoms. The molecule has 0 aliphatic heterocycles. The quantitative estimate of drug-likeness (QED) is 0.603. The summed E-state index contributed by atoms with van der Waals surface area (Å²) in [4.78, 5) is 22.6. The Bertz CT molecular complexity index is 389. The standard InChI is InChI=1S/C12H16N2O3/c13-9-3-1-7(5-9)11(15)14-10-4-2-8(6-10)12(16)17/h1-4,7-10H,5-6,13H2,(H,14,15)(H,16,17). The number of nitrogens with one attached hydrogen (secondary N) is 1. The minimum Gasteiger partial charge on any atom is -0.481 e. The van der Waals surface area contributed by atoms with Crippen LogP contribution in [0, 0.1) is 11.8 Å². The molecule has 0 bridgehead atoms. The Morgan fingerprint density at radius 1 is 1.12 bits per heavy atom. The molecule has 4 N–H and O–H groups in total. The molecule has 5 heteroatoms. The molecular formula is C12H16N2O3. The molecule has 0 aromatic carbocycles. The summed E-state index contributed by atoms with van der Waals surface area (Å²) in [6.07, 6.45) is 8.08. The fraction of sp³-hybridized carbons (Fsp3) is 0.500. The molecule has 0 aromatic rings. The van der Waals surface area contributed by atoms with Crippen LogP contribution >= 0.6 is 0 Å². The van der Waals surface area contributed by atoms with Gasteiger partial charge in [-0.25, -0.2) is 0 Å². The second-order valence-corrected chi connectivity index (χ2v) is 4.57. The van der Waals surface area contributed by atoms with E-state index in [2.05, 4.69) is 5.32 Å². The maximum absolute atomic E-state index is 11.8. The van der Waals surface area contributed by atoms with Gasteiger partial charge >= 0.3 is 5.97 Å². The van der Waals surface area contributed by atoms with Gasteiger partial charge in [-0.1, -0.05) is 24.3 Å². The first-order valence-corrected chi connectivity index (χ1v) is 5.71. The van der Waals surface area contributed by atoms with Crippen molar-refractivity contribution in [1.82, 2.24) is 5.32 Å². The highest BCUT2D eigenvalue weighted by Crippen LogP contribution is 2.20. The van der Waals surface area contributed by atoms with Crippen molar-refractivity contribution in [1.29, 1.82) is 0 Å². The maximum atomic E-state index is 11.8. The lowest BCUT2D eigenvalue weighted by Gasteiger charge is -2.15. The molecule has 17 heavy (non-hydrogen) atoms. The van der Waals surface area contributed by atoms with Crippen LogP contribution in [-0.4, -0.2) is 29.1 Å². The topological polar surface area (TPSA) is 92.4 Å². The van der Waals surface area contributed by atoms with E-state index in [0.29, 0.717) is 12.8 Å². The number of carboxylic acid groups (broad SMARTS) is 1. The molecule has 0 fully saturated rings. The van der Waals surface area contributed by atoms with Gasteiger partial charge in [-0.2, -0.15) is 0 Å². The fourth-order valence-electron chi connectivity index (χ4n) is 2.20. The minimum atomic E-state index is -0.846. The van der Waals surface area contributed by atoms with Crippen LogP contribution in [0.2, 0.25) is 0 Å². The molecule has 0 radical (unpaired) electrons. The van der Waals surface area contributed by atoms with Crippen molar-refractivity contribution in [2.75, 3.05) is 0 Å². The van der Waals surface area contributed by atoms with Gasteiger partial charge in [0.2, 0.25) is 5.91 Å². The van der Waals surface area contributed by atoms with Crippen molar-refractivity contribution in [3.63, 3.8) is 0 Å². The third kappa shape index (κ3) is 2.74. The molecule has 4 atom stereocenters. The first-order valence-electron chi connectivity index (χ1n) is 5.71. The van der Waals surface area contributed by atoms with Gasteiger partial charge in [0.25, 0.3) is 0 Å². The van der Waals surface area contributed by atoms with E-state index >= 15 is 0 Å². The van der Waals surface area contributed by atoms with E-state index in [1.165, 1.54) is 0 Å². The summed E-state index contributed by atoms with van der Waals surface area (Å²) in [5.41, 5.74) is 5.67. The zero-order chi connectivity index (χ0) is 12.4. The lowest BCUT2D eigenvalue weighted by molar-refractivity contribution is -0.140. The number of hydrogen-bond acceptors (Lipinski definition) is 3. The first kappa shape index (κ1) is 11.9. The number of rotatable bonds is 3. The number of carbonyl (C=O) groups excluding carboxylic acids is 1. The van der Waals surface area contributed by atoms with Crippen LogP contribution in [-0.2, 0) is 9.59 Å². The molecule has 92 valence electrons. The highest BCUT2D eigenvalue weighted by Gasteiger charge is 2.28. The van der Waals surface area contributed by atoms with Crippen molar-refractivity contribution in [2.45, 2.75) is 24.9 Å². The molecule has 0 aromatic heterocycles. The van der Waals surface area contributed by atoms with E-state index in [0.717, 1.165) is 0 Å². The summed E-state index contributed by atoms with van der Waals surface area (Å²) < 4.78 is 0. The van der Waals surface area contributed by atoms with Crippen LogP contribution in [0.15, 0.2) is 24.3 Å². The van der Waals surface area contributed by atoms with Crippen LogP contribution in [0.4, 0.5) is 0 Å². The van der Waals surface area contributed by atoms with Crippen LogP contribution in [0.5, 0.6) is 0 Å². The van der Waals surface area contributed by atoms with Gasteiger partial charge in [0.05, 0.1) is 11.8 Å². The van der Waals surface area contributed by atoms with E-state index in [9.17, 15) is 9.59 Å². The molecule has 0 heterocycles. The summed E-state index contributed by atoms with van der Waals surface area (Å²) >= 11 is 0. The zero-order valence-electron chi connectivity index (χ0n) is 9.37. The monoisotopic (exact) mass is 236 g/mol. The number of hydrogen-bond donors (Lipinski definition) is 3. The van der Waals surface area contributed by atoms with Gasteiger partial charge in [0, 0.05) is 12.1 Å².